The van der Waals surface area contributed by atoms with Crippen LogP contribution in [0.15, 0.2) is 48.7 Å². The molecule has 1 aliphatic rings. The Hall–Kier alpha value is -2.15. The number of unbranched alkanes of at least 4 members (excludes halogenated alkanes) is 1. The minimum atomic E-state index is 0.0486. The predicted octanol–water partition coefficient (Wildman–Crippen LogP) is 7.25. The zero-order valence-electron chi connectivity index (χ0n) is 19.1. The molecular weight excluding hydrogens is 350 g/mol. The second-order valence-corrected chi connectivity index (χ2v) is 9.38. The Morgan fingerprint density at radius 2 is 1.69 bits per heavy atom. The molecule has 1 aliphatic heterocycles. The van der Waals surface area contributed by atoms with Crippen LogP contribution in [0.2, 0.25) is 0 Å². The van der Waals surface area contributed by atoms with Gasteiger partial charge in [-0.1, -0.05) is 57.0 Å². The number of aromatic nitrogens is 1. The maximum atomic E-state index is 2.62. The third-order valence-corrected chi connectivity index (χ3v) is 8.02. The lowest BCUT2D eigenvalue weighted by Crippen LogP contribution is -2.67. The number of rotatable bonds is 5. The van der Waals surface area contributed by atoms with Gasteiger partial charge in [-0.3, -0.25) is 0 Å². The van der Waals surface area contributed by atoms with E-state index in [-0.39, 0.29) is 11.0 Å². The summed E-state index contributed by atoms with van der Waals surface area (Å²) in [4.78, 5) is 0. The first-order valence-corrected chi connectivity index (χ1v) is 11.5. The summed E-state index contributed by atoms with van der Waals surface area (Å²) in [5.74, 6) is 0. The van der Waals surface area contributed by atoms with Crippen LogP contribution in [0.5, 0.6) is 0 Å². The molecule has 2 unspecified atom stereocenters. The maximum absolute atomic E-state index is 2.62. The molecule has 0 radical (unpaired) electrons. The van der Waals surface area contributed by atoms with Crippen LogP contribution in [-0.4, -0.2) is 0 Å². The molecule has 0 amide bonds. The molecular formula is C28H36N+. The van der Waals surface area contributed by atoms with Crippen molar-refractivity contribution in [1.29, 1.82) is 0 Å². The van der Waals surface area contributed by atoms with Gasteiger partial charge in [-0.25, -0.2) is 0 Å². The van der Waals surface area contributed by atoms with E-state index >= 15 is 0 Å². The SMILES string of the molecule is CCCCc1cccc2c3[n+](ccc12)C(C)(CC)C(C)(CC)c1ccc(C)cc1-3. The third kappa shape index (κ3) is 2.77. The maximum Gasteiger partial charge on any atom is 0.221 e. The summed E-state index contributed by atoms with van der Waals surface area (Å²) < 4.78 is 2.62. The van der Waals surface area contributed by atoms with Gasteiger partial charge in [-0.15, -0.1) is 0 Å². The minimum Gasteiger partial charge on any atom is -0.192 e. The molecule has 4 rings (SSSR count). The molecule has 152 valence electrons. The fourth-order valence-corrected chi connectivity index (χ4v) is 5.66. The van der Waals surface area contributed by atoms with Gasteiger partial charge in [-0.05, 0) is 61.8 Å². The summed E-state index contributed by atoms with van der Waals surface area (Å²) in [6.07, 6.45) is 8.28. The highest BCUT2D eigenvalue weighted by atomic mass is 15.1. The molecule has 0 spiro atoms. The first-order chi connectivity index (χ1) is 13.9. The Morgan fingerprint density at radius 1 is 0.897 bits per heavy atom. The largest absolute Gasteiger partial charge is 0.221 e. The number of aryl methyl sites for hydroxylation is 2. The number of nitrogens with zero attached hydrogens (tertiary/aromatic N) is 1. The summed E-state index contributed by atoms with van der Waals surface area (Å²) in [6.45, 7) is 14.1. The normalized spacial score (nSPS) is 23.1. The molecule has 0 aliphatic carbocycles. The van der Waals surface area contributed by atoms with E-state index in [4.69, 9.17) is 0 Å². The summed E-state index contributed by atoms with van der Waals surface area (Å²) >= 11 is 0. The fraction of sp³-hybridized carbons (Fsp3) is 0.464. The summed E-state index contributed by atoms with van der Waals surface area (Å²) in [7, 11) is 0. The molecule has 0 fully saturated rings. The third-order valence-electron chi connectivity index (χ3n) is 8.02. The second kappa shape index (κ2) is 7.27. The lowest BCUT2D eigenvalue weighted by atomic mass is 9.60. The highest BCUT2D eigenvalue weighted by molar-refractivity contribution is 5.96. The number of benzene rings is 2. The molecule has 0 N–H and O–H groups in total. The van der Waals surface area contributed by atoms with Crippen molar-refractivity contribution in [3.05, 3.63) is 65.4 Å². The van der Waals surface area contributed by atoms with Gasteiger partial charge in [0.15, 0.2) is 11.7 Å². The van der Waals surface area contributed by atoms with Gasteiger partial charge in [0, 0.05) is 19.4 Å². The van der Waals surface area contributed by atoms with Gasteiger partial charge in [-0.2, -0.15) is 4.57 Å². The van der Waals surface area contributed by atoms with Crippen LogP contribution in [0.25, 0.3) is 22.0 Å². The van der Waals surface area contributed by atoms with Gasteiger partial charge >= 0.3 is 0 Å². The lowest BCUT2D eigenvalue weighted by molar-refractivity contribution is -0.764. The molecule has 1 heteroatoms. The lowest BCUT2D eigenvalue weighted by Gasteiger charge is -2.46. The van der Waals surface area contributed by atoms with Crippen molar-refractivity contribution >= 4 is 10.8 Å². The molecule has 0 saturated carbocycles. The average molecular weight is 387 g/mol. The van der Waals surface area contributed by atoms with Crippen molar-refractivity contribution in [3.63, 3.8) is 0 Å². The van der Waals surface area contributed by atoms with Crippen molar-refractivity contribution in [1.82, 2.24) is 0 Å². The van der Waals surface area contributed by atoms with E-state index in [9.17, 15) is 0 Å². The molecule has 2 heterocycles. The number of hydrogen-bond donors (Lipinski definition) is 0. The van der Waals surface area contributed by atoms with Crippen LogP contribution in [0.4, 0.5) is 0 Å². The van der Waals surface area contributed by atoms with E-state index in [1.165, 1.54) is 51.6 Å². The molecule has 3 aromatic rings. The number of hydrogen-bond acceptors (Lipinski definition) is 0. The van der Waals surface area contributed by atoms with Crippen LogP contribution in [0.3, 0.4) is 0 Å². The number of pyridine rings is 1. The Morgan fingerprint density at radius 3 is 2.38 bits per heavy atom. The van der Waals surface area contributed by atoms with Gasteiger partial charge in [0.25, 0.3) is 0 Å². The van der Waals surface area contributed by atoms with Crippen molar-refractivity contribution in [3.8, 4) is 11.3 Å². The van der Waals surface area contributed by atoms with Gasteiger partial charge in [0.2, 0.25) is 5.69 Å². The Labute approximate surface area is 176 Å². The Bertz CT molecular complexity index is 1060. The topological polar surface area (TPSA) is 3.88 Å². The zero-order chi connectivity index (χ0) is 20.8. The molecule has 1 aromatic heterocycles. The van der Waals surface area contributed by atoms with Crippen molar-refractivity contribution in [2.75, 3.05) is 0 Å². The molecule has 0 bridgehead atoms. The highest BCUT2D eigenvalue weighted by Crippen LogP contribution is 2.50. The summed E-state index contributed by atoms with van der Waals surface area (Å²) in [6, 6.07) is 16.4. The second-order valence-electron chi connectivity index (χ2n) is 9.38. The summed E-state index contributed by atoms with van der Waals surface area (Å²) in [5.41, 5.74) is 7.34. The van der Waals surface area contributed by atoms with E-state index in [0.717, 1.165) is 19.3 Å². The molecule has 1 nitrogen and oxygen atoms in total. The Balaban J connectivity index is 2.12. The molecule has 2 atom stereocenters. The van der Waals surface area contributed by atoms with Crippen LogP contribution < -0.4 is 4.57 Å². The van der Waals surface area contributed by atoms with Gasteiger partial charge in [0.05, 0.1) is 16.4 Å². The van der Waals surface area contributed by atoms with Gasteiger partial charge < -0.3 is 0 Å². The van der Waals surface area contributed by atoms with Gasteiger partial charge in [0.1, 0.15) is 0 Å². The predicted molar refractivity (Wildman–Crippen MR) is 125 cm³/mol. The molecule has 0 saturated heterocycles. The van der Waals surface area contributed by atoms with Crippen LogP contribution >= 0.6 is 0 Å². The monoisotopic (exact) mass is 386 g/mol. The first-order valence-electron chi connectivity index (χ1n) is 11.5. The number of fused-ring (bicyclic) bond motifs is 5. The smallest absolute Gasteiger partial charge is 0.192 e. The minimum absolute atomic E-state index is 0.0486. The standard InChI is InChI=1S/C28H36N/c1-7-10-12-21-13-11-14-23-22(21)17-18-29-26(23)24-19-20(4)15-16-25(24)27(5,8-2)28(29,6)9-3/h11,13-19H,7-10,12H2,1-6H3/q+1. The highest BCUT2D eigenvalue weighted by Gasteiger charge is 2.56. The average Bonchev–Trinajstić information content (AvgIpc) is 2.74. The molecule has 2 aromatic carbocycles. The summed E-state index contributed by atoms with van der Waals surface area (Å²) in [5, 5.41) is 2.84. The van der Waals surface area contributed by atoms with Crippen LogP contribution in [0, 0.1) is 6.92 Å². The van der Waals surface area contributed by atoms with Crippen LogP contribution in [0.1, 0.15) is 77.0 Å². The van der Waals surface area contributed by atoms with Crippen molar-refractivity contribution in [2.45, 2.75) is 84.6 Å². The fourth-order valence-electron chi connectivity index (χ4n) is 5.66. The van der Waals surface area contributed by atoms with E-state index in [1.807, 2.05) is 0 Å². The molecule has 29 heavy (non-hydrogen) atoms. The van der Waals surface area contributed by atoms with Crippen molar-refractivity contribution < 1.29 is 4.57 Å². The quantitative estimate of drug-likeness (QED) is 0.406. The van der Waals surface area contributed by atoms with E-state index in [2.05, 4.69) is 94.8 Å². The van der Waals surface area contributed by atoms with E-state index in [0.29, 0.717) is 0 Å². The van der Waals surface area contributed by atoms with E-state index < -0.39 is 0 Å². The first kappa shape index (κ1) is 20.1. The zero-order valence-corrected chi connectivity index (χ0v) is 19.1. The van der Waals surface area contributed by atoms with E-state index in [1.54, 1.807) is 0 Å². The van der Waals surface area contributed by atoms with Crippen LogP contribution in [-0.2, 0) is 17.4 Å². The Kier molecular flexibility index (Phi) is 5.05. The van der Waals surface area contributed by atoms with Crippen molar-refractivity contribution in [2.24, 2.45) is 0 Å².